The number of fused-ring (bicyclic) bond motifs is 1. The van der Waals surface area contributed by atoms with Crippen LogP contribution in [0.1, 0.15) is 30.9 Å². The van der Waals surface area contributed by atoms with E-state index in [0.717, 1.165) is 12.8 Å². The summed E-state index contributed by atoms with van der Waals surface area (Å²) in [5, 5.41) is 8.98. The first-order chi connectivity index (χ1) is 9.61. The van der Waals surface area contributed by atoms with E-state index in [1.165, 1.54) is 11.1 Å². The summed E-state index contributed by atoms with van der Waals surface area (Å²) in [7, 11) is 0. The molecule has 0 bridgehead atoms. The lowest BCUT2D eigenvalue weighted by Gasteiger charge is -2.36. The number of carbonyl (C=O) groups is 2. The summed E-state index contributed by atoms with van der Waals surface area (Å²) >= 11 is 0. The number of carboxylic acids is 1. The highest BCUT2D eigenvalue weighted by Crippen LogP contribution is 2.41. The largest absolute Gasteiger partial charge is 0.481 e. The molecule has 1 aliphatic heterocycles. The molecular weight excluding hydrogens is 254 g/mol. The van der Waals surface area contributed by atoms with Crippen molar-refractivity contribution in [2.75, 3.05) is 0 Å². The van der Waals surface area contributed by atoms with E-state index >= 15 is 0 Å². The van der Waals surface area contributed by atoms with Crippen molar-refractivity contribution in [2.45, 2.75) is 38.8 Å². The smallest absolute Gasteiger partial charge is 0.307 e. The predicted molar refractivity (Wildman–Crippen MR) is 74.0 cm³/mol. The second-order valence-electron chi connectivity index (χ2n) is 5.79. The molecule has 0 spiro atoms. The van der Waals surface area contributed by atoms with Crippen LogP contribution >= 0.6 is 0 Å². The van der Waals surface area contributed by atoms with Crippen LogP contribution in [0.4, 0.5) is 0 Å². The van der Waals surface area contributed by atoms with Crippen LogP contribution in [0.5, 0.6) is 0 Å². The van der Waals surface area contributed by atoms with E-state index in [9.17, 15) is 9.59 Å². The molecule has 3 unspecified atom stereocenters. The Labute approximate surface area is 118 Å². The van der Waals surface area contributed by atoms with E-state index in [0.29, 0.717) is 13.0 Å². The van der Waals surface area contributed by atoms with Crippen LogP contribution in [-0.2, 0) is 22.6 Å². The maximum atomic E-state index is 12.5. The molecule has 1 amide bonds. The summed E-state index contributed by atoms with van der Waals surface area (Å²) in [6.07, 6.45) is 2.29. The van der Waals surface area contributed by atoms with Crippen molar-refractivity contribution < 1.29 is 14.7 Å². The number of hydrogen-bond acceptors (Lipinski definition) is 2. The van der Waals surface area contributed by atoms with Crippen molar-refractivity contribution in [2.24, 2.45) is 11.8 Å². The number of amides is 1. The van der Waals surface area contributed by atoms with E-state index in [1.54, 1.807) is 0 Å². The zero-order valence-electron chi connectivity index (χ0n) is 11.6. The van der Waals surface area contributed by atoms with Gasteiger partial charge in [0.1, 0.15) is 0 Å². The van der Waals surface area contributed by atoms with Crippen molar-refractivity contribution in [3.8, 4) is 0 Å². The molecule has 20 heavy (non-hydrogen) atoms. The molecule has 1 fully saturated rings. The Hall–Kier alpha value is -1.84. The molecule has 3 atom stereocenters. The molecule has 3 rings (SSSR count). The third-order valence-corrected chi connectivity index (χ3v) is 4.53. The van der Waals surface area contributed by atoms with Gasteiger partial charge in [-0.3, -0.25) is 9.59 Å². The Morgan fingerprint density at radius 3 is 2.55 bits per heavy atom. The third kappa shape index (κ3) is 2.19. The normalized spacial score (nSPS) is 27.9. The Morgan fingerprint density at radius 1 is 1.25 bits per heavy atom. The quantitative estimate of drug-likeness (QED) is 0.917. The first-order valence-electron chi connectivity index (χ1n) is 7.22. The summed E-state index contributed by atoms with van der Waals surface area (Å²) in [6, 6.07) is 8.41. The van der Waals surface area contributed by atoms with Crippen LogP contribution in [0, 0.1) is 11.8 Å². The standard InChI is InChI=1S/C16H19NO3/c1-2-12-7-10-5-3-4-6-11(10)9-17(12)15(18)13-8-14(13)16(19)20/h3-6,12-14H,2,7-9H2,1H3,(H,19,20). The molecule has 1 N–H and O–H groups in total. The lowest BCUT2D eigenvalue weighted by Crippen LogP contribution is -2.45. The van der Waals surface area contributed by atoms with Gasteiger partial charge in [-0.1, -0.05) is 31.2 Å². The highest BCUT2D eigenvalue weighted by atomic mass is 16.4. The number of carboxylic acid groups (broad SMARTS) is 1. The molecule has 0 saturated heterocycles. The van der Waals surface area contributed by atoms with Gasteiger partial charge in [0, 0.05) is 12.6 Å². The average Bonchev–Trinajstić information content (AvgIpc) is 3.25. The lowest BCUT2D eigenvalue weighted by molar-refractivity contribution is -0.143. The Balaban J connectivity index is 1.79. The number of carbonyl (C=O) groups excluding carboxylic acids is 1. The summed E-state index contributed by atoms with van der Waals surface area (Å²) < 4.78 is 0. The highest BCUT2D eigenvalue weighted by Gasteiger charge is 2.50. The molecule has 106 valence electrons. The topological polar surface area (TPSA) is 57.6 Å². The average molecular weight is 273 g/mol. The van der Waals surface area contributed by atoms with Gasteiger partial charge in [-0.15, -0.1) is 0 Å². The third-order valence-electron chi connectivity index (χ3n) is 4.53. The van der Waals surface area contributed by atoms with Crippen LogP contribution in [-0.4, -0.2) is 27.9 Å². The summed E-state index contributed by atoms with van der Waals surface area (Å²) in [6.45, 7) is 2.71. The molecule has 0 radical (unpaired) electrons. The molecular formula is C16H19NO3. The van der Waals surface area contributed by atoms with Gasteiger partial charge in [0.25, 0.3) is 0 Å². The van der Waals surface area contributed by atoms with E-state index in [1.807, 2.05) is 17.0 Å². The molecule has 1 aromatic carbocycles. The van der Waals surface area contributed by atoms with Gasteiger partial charge >= 0.3 is 5.97 Å². The van der Waals surface area contributed by atoms with Crippen molar-refractivity contribution in [1.82, 2.24) is 4.90 Å². The van der Waals surface area contributed by atoms with Crippen LogP contribution in [0.25, 0.3) is 0 Å². The molecule has 2 aliphatic rings. The molecule has 1 heterocycles. The number of rotatable bonds is 3. The van der Waals surface area contributed by atoms with Crippen LogP contribution in [0.3, 0.4) is 0 Å². The summed E-state index contributed by atoms with van der Waals surface area (Å²) in [4.78, 5) is 25.4. The van der Waals surface area contributed by atoms with Gasteiger partial charge in [-0.25, -0.2) is 0 Å². The fourth-order valence-electron chi connectivity index (χ4n) is 3.16. The van der Waals surface area contributed by atoms with Crippen molar-refractivity contribution in [3.63, 3.8) is 0 Å². The minimum absolute atomic E-state index is 0.0266. The molecule has 0 aromatic heterocycles. The van der Waals surface area contributed by atoms with Crippen LogP contribution in [0.15, 0.2) is 24.3 Å². The van der Waals surface area contributed by atoms with E-state index in [-0.39, 0.29) is 17.9 Å². The van der Waals surface area contributed by atoms with Gasteiger partial charge in [0.15, 0.2) is 0 Å². The first kappa shape index (κ1) is 13.2. The minimum Gasteiger partial charge on any atom is -0.481 e. The van der Waals surface area contributed by atoms with Crippen molar-refractivity contribution >= 4 is 11.9 Å². The van der Waals surface area contributed by atoms with Crippen LogP contribution in [0.2, 0.25) is 0 Å². The number of hydrogen-bond donors (Lipinski definition) is 1. The van der Waals surface area contributed by atoms with Gasteiger partial charge in [0.05, 0.1) is 11.8 Å². The van der Waals surface area contributed by atoms with Crippen molar-refractivity contribution in [1.29, 1.82) is 0 Å². The fourth-order valence-corrected chi connectivity index (χ4v) is 3.16. The zero-order valence-corrected chi connectivity index (χ0v) is 11.6. The fraction of sp³-hybridized carbons (Fsp3) is 0.500. The predicted octanol–water partition coefficient (Wildman–Crippen LogP) is 2.07. The number of aliphatic carboxylic acids is 1. The molecule has 1 aromatic rings. The SMILES string of the molecule is CCC1Cc2ccccc2CN1C(=O)C1CC1C(=O)O. The van der Waals surface area contributed by atoms with E-state index in [4.69, 9.17) is 5.11 Å². The molecule has 1 aliphatic carbocycles. The van der Waals surface area contributed by atoms with E-state index < -0.39 is 11.9 Å². The zero-order chi connectivity index (χ0) is 14.3. The second kappa shape index (κ2) is 4.93. The second-order valence-corrected chi connectivity index (χ2v) is 5.79. The first-order valence-corrected chi connectivity index (χ1v) is 7.22. The highest BCUT2D eigenvalue weighted by molar-refractivity contribution is 5.89. The van der Waals surface area contributed by atoms with E-state index in [2.05, 4.69) is 19.1 Å². The Bertz CT molecular complexity index is 554. The minimum atomic E-state index is -0.839. The maximum absolute atomic E-state index is 12.5. The summed E-state index contributed by atoms with van der Waals surface area (Å²) in [5.41, 5.74) is 2.51. The van der Waals surface area contributed by atoms with Crippen LogP contribution < -0.4 is 0 Å². The van der Waals surface area contributed by atoms with Gasteiger partial charge in [-0.05, 0) is 30.4 Å². The maximum Gasteiger partial charge on any atom is 0.307 e. The lowest BCUT2D eigenvalue weighted by atomic mass is 9.92. The van der Waals surface area contributed by atoms with Crippen molar-refractivity contribution in [3.05, 3.63) is 35.4 Å². The number of benzene rings is 1. The molecule has 1 saturated carbocycles. The van der Waals surface area contributed by atoms with Gasteiger partial charge in [-0.2, -0.15) is 0 Å². The molecule has 4 heteroatoms. The monoisotopic (exact) mass is 273 g/mol. The Kier molecular flexibility index (Phi) is 3.24. The molecule has 4 nitrogen and oxygen atoms in total. The Morgan fingerprint density at radius 2 is 1.95 bits per heavy atom. The van der Waals surface area contributed by atoms with Gasteiger partial charge < -0.3 is 10.0 Å². The number of nitrogens with zero attached hydrogens (tertiary/aromatic N) is 1. The van der Waals surface area contributed by atoms with Gasteiger partial charge in [0.2, 0.25) is 5.91 Å². The summed E-state index contributed by atoms with van der Waals surface area (Å²) in [5.74, 6) is -1.57.